The lowest BCUT2D eigenvalue weighted by molar-refractivity contribution is 0.0592. The number of benzene rings is 2. The first-order valence-electron chi connectivity index (χ1n) is 12.4. The van der Waals surface area contributed by atoms with Crippen molar-refractivity contribution in [2.24, 2.45) is 0 Å². The number of esters is 1. The second-order valence-corrected chi connectivity index (χ2v) is 14.4. The molecule has 0 saturated heterocycles. The van der Waals surface area contributed by atoms with E-state index in [1.54, 1.807) is 13.2 Å². The predicted octanol–water partition coefficient (Wildman–Crippen LogP) is 4.75. The van der Waals surface area contributed by atoms with Crippen molar-refractivity contribution in [3.05, 3.63) is 78.6 Å². The Morgan fingerprint density at radius 3 is 2.00 bits per heavy atom. The average molecular weight is 506 g/mol. The molecule has 1 heterocycles. The third-order valence-corrected chi connectivity index (χ3v) is 11.9. The first-order valence-corrected chi connectivity index (χ1v) is 14.3. The SMILES string of the molecule is COC(=O)c1cc(O[C@H]2CC[C@H](O[Si](c3ccccc3)(c3ccccc3)C(C)(C)C)C2)c(OC)cn1. The maximum absolute atomic E-state index is 12.0. The number of pyridine rings is 1. The quantitative estimate of drug-likeness (QED) is 0.325. The van der Waals surface area contributed by atoms with Gasteiger partial charge in [-0.2, -0.15) is 0 Å². The van der Waals surface area contributed by atoms with E-state index in [1.165, 1.54) is 23.7 Å². The summed E-state index contributed by atoms with van der Waals surface area (Å²) >= 11 is 0. The fourth-order valence-corrected chi connectivity index (χ4v) is 9.85. The summed E-state index contributed by atoms with van der Waals surface area (Å²) in [5, 5.41) is 2.46. The van der Waals surface area contributed by atoms with E-state index in [-0.39, 0.29) is 22.9 Å². The molecular weight excluding hydrogens is 470 g/mol. The molecule has 3 aromatic rings. The summed E-state index contributed by atoms with van der Waals surface area (Å²) < 4.78 is 23.9. The molecule has 36 heavy (non-hydrogen) atoms. The molecule has 4 rings (SSSR count). The molecule has 1 saturated carbocycles. The summed E-state index contributed by atoms with van der Waals surface area (Å²) in [7, 11) is 0.259. The molecule has 0 spiro atoms. The van der Waals surface area contributed by atoms with Gasteiger partial charge < -0.3 is 18.6 Å². The predicted molar refractivity (Wildman–Crippen MR) is 143 cm³/mol. The smallest absolute Gasteiger partial charge is 0.356 e. The number of rotatable bonds is 8. The maximum atomic E-state index is 12.0. The average Bonchev–Trinajstić information content (AvgIpc) is 3.33. The van der Waals surface area contributed by atoms with E-state index in [2.05, 4.69) is 86.4 Å². The van der Waals surface area contributed by atoms with Gasteiger partial charge in [0.15, 0.2) is 17.2 Å². The molecule has 7 heteroatoms. The highest BCUT2D eigenvalue weighted by Gasteiger charge is 2.52. The number of hydrogen-bond acceptors (Lipinski definition) is 6. The Labute approximate surface area is 214 Å². The van der Waals surface area contributed by atoms with Crippen LogP contribution in [-0.4, -0.2) is 45.7 Å². The molecular formula is C29H35NO5Si. The van der Waals surface area contributed by atoms with Crippen molar-refractivity contribution in [3.63, 3.8) is 0 Å². The Bertz CT molecular complexity index is 1120. The Morgan fingerprint density at radius 1 is 0.889 bits per heavy atom. The van der Waals surface area contributed by atoms with E-state index in [9.17, 15) is 4.79 Å². The fourth-order valence-electron chi connectivity index (χ4n) is 5.12. The number of carbonyl (C=O) groups is 1. The lowest BCUT2D eigenvalue weighted by atomic mass is 10.2. The highest BCUT2D eigenvalue weighted by Crippen LogP contribution is 2.40. The Kier molecular flexibility index (Phi) is 7.81. The van der Waals surface area contributed by atoms with Crippen LogP contribution < -0.4 is 19.8 Å². The zero-order chi connectivity index (χ0) is 25.8. The van der Waals surface area contributed by atoms with Gasteiger partial charge in [-0.05, 0) is 28.3 Å². The molecule has 1 aliphatic rings. The van der Waals surface area contributed by atoms with Crippen molar-refractivity contribution in [1.29, 1.82) is 0 Å². The van der Waals surface area contributed by atoms with E-state index in [1.807, 2.05) is 0 Å². The van der Waals surface area contributed by atoms with E-state index in [4.69, 9.17) is 18.6 Å². The number of nitrogens with zero attached hydrogens (tertiary/aromatic N) is 1. The summed E-state index contributed by atoms with van der Waals surface area (Å²) in [5.41, 5.74) is 0.186. The first kappa shape index (κ1) is 25.9. The standard InChI is InChI=1S/C29H35NO5Si/c1-29(2,3)36(23-12-8-6-9-13-23,24-14-10-7-11-15-24)35-22-17-16-21(18-22)34-26-19-25(28(31)33-5)30-20-27(26)32-4/h6-15,19-22H,16-18H2,1-5H3/t21-,22-/m0/s1. The van der Waals surface area contributed by atoms with Gasteiger partial charge in [0.25, 0.3) is 8.32 Å². The maximum Gasteiger partial charge on any atom is 0.356 e. The lowest BCUT2D eigenvalue weighted by Crippen LogP contribution is -2.67. The second kappa shape index (κ2) is 10.8. The van der Waals surface area contributed by atoms with Gasteiger partial charge in [0, 0.05) is 18.6 Å². The molecule has 0 N–H and O–H groups in total. The molecule has 0 bridgehead atoms. The molecule has 2 atom stereocenters. The largest absolute Gasteiger partial charge is 0.491 e. The van der Waals surface area contributed by atoms with Crippen molar-refractivity contribution in [3.8, 4) is 11.5 Å². The van der Waals surface area contributed by atoms with E-state index in [0.717, 1.165) is 19.3 Å². The molecule has 1 aliphatic carbocycles. The molecule has 1 fully saturated rings. The Hall–Kier alpha value is -3.16. The fraction of sp³-hybridized carbons (Fsp3) is 0.379. The number of ether oxygens (including phenoxy) is 3. The molecule has 2 aromatic carbocycles. The van der Waals surface area contributed by atoms with Crippen molar-refractivity contribution in [2.45, 2.75) is 57.3 Å². The molecule has 6 nitrogen and oxygen atoms in total. The monoisotopic (exact) mass is 505 g/mol. The van der Waals surface area contributed by atoms with Gasteiger partial charge in [-0.15, -0.1) is 0 Å². The first-order chi connectivity index (χ1) is 17.3. The Balaban J connectivity index is 1.61. The van der Waals surface area contributed by atoms with Crippen LogP contribution in [0.1, 0.15) is 50.5 Å². The van der Waals surface area contributed by atoms with Gasteiger partial charge in [-0.1, -0.05) is 81.4 Å². The van der Waals surface area contributed by atoms with Crippen molar-refractivity contribution in [1.82, 2.24) is 4.98 Å². The molecule has 190 valence electrons. The van der Waals surface area contributed by atoms with Crippen LogP contribution in [0.2, 0.25) is 5.04 Å². The van der Waals surface area contributed by atoms with Crippen molar-refractivity contribution >= 4 is 24.7 Å². The van der Waals surface area contributed by atoms with Gasteiger partial charge >= 0.3 is 5.97 Å². The highest BCUT2D eigenvalue weighted by atomic mass is 28.4. The van der Waals surface area contributed by atoms with Crippen LogP contribution >= 0.6 is 0 Å². The molecule has 1 aromatic heterocycles. The molecule has 0 unspecified atom stereocenters. The van der Waals surface area contributed by atoms with Gasteiger partial charge in [0.1, 0.15) is 6.10 Å². The van der Waals surface area contributed by atoms with Crippen LogP contribution in [0.25, 0.3) is 0 Å². The zero-order valence-electron chi connectivity index (χ0n) is 21.7. The topological polar surface area (TPSA) is 66.9 Å². The highest BCUT2D eigenvalue weighted by molar-refractivity contribution is 6.99. The minimum atomic E-state index is -2.63. The number of aromatic nitrogens is 1. The van der Waals surface area contributed by atoms with Crippen molar-refractivity contribution < 1.29 is 23.4 Å². The zero-order valence-corrected chi connectivity index (χ0v) is 22.7. The van der Waals surface area contributed by atoms with Crippen LogP contribution in [0, 0.1) is 0 Å². The number of methoxy groups -OCH3 is 2. The van der Waals surface area contributed by atoms with Crippen LogP contribution in [0.3, 0.4) is 0 Å². The lowest BCUT2D eigenvalue weighted by Gasteiger charge is -2.44. The van der Waals surface area contributed by atoms with Crippen LogP contribution in [0.5, 0.6) is 11.5 Å². The minimum absolute atomic E-state index is 0.0502. The summed E-state index contributed by atoms with van der Waals surface area (Å²) in [4.78, 5) is 16.1. The number of carbonyl (C=O) groups excluding carboxylic acids is 1. The normalized spacial score (nSPS) is 18.0. The minimum Gasteiger partial charge on any atom is -0.491 e. The van der Waals surface area contributed by atoms with Crippen molar-refractivity contribution in [2.75, 3.05) is 14.2 Å². The summed E-state index contributed by atoms with van der Waals surface area (Å²) in [6.07, 6.45) is 3.98. The van der Waals surface area contributed by atoms with Crippen LogP contribution in [0.4, 0.5) is 0 Å². The summed E-state index contributed by atoms with van der Waals surface area (Å²) in [6, 6.07) is 22.9. The van der Waals surface area contributed by atoms with Crippen LogP contribution in [0.15, 0.2) is 72.9 Å². The Morgan fingerprint density at radius 2 is 1.47 bits per heavy atom. The van der Waals surface area contributed by atoms with E-state index < -0.39 is 14.3 Å². The van der Waals surface area contributed by atoms with E-state index >= 15 is 0 Å². The number of hydrogen-bond donors (Lipinski definition) is 0. The molecule has 0 radical (unpaired) electrons. The van der Waals surface area contributed by atoms with Gasteiger partial charge in [0.05, 0.1) is 20.4 Å². The summed E-state index contributed by atoms with van der Waals surface area (Å²) in [6.45, 7) is 6.87. The van der Waals surface area contributed by atoms with Gasteiger partial charge in [-0.3, -0.25) is 0 Å². The molecule has 0 amide bonds. The summed E-state index contributed by atoms with van der Waals surface area (Å²) in [5.74, 6) is 0.463. The van der Waals surface area contributed by atoms with E-state index in [0.29, 0.717) is 11.5 Å². The molecule has 0 aliphatic heterocycles. The van der Waals surface area contributed by atoms with Crippen LogP contribution in [-0.2, 0) is 9.16 Å². The third-order valence-electron chi connectivity index (χ3n) is 6.84. The van der Waals surface area contributed by atoms with Gasteiger partial charge in [-0.25, -0.2) is 9.78 Å². The third kappa shape index (κ3) is 5.17. The van der Waals surface area contributed by atoms with Gasteiger partial charge in [0.2, 0.25) is 0 Å². The second-order valence-electron chi connectivity index (χ2n) is 10.2.